The molecule has 1 N–H and O–H groups in total. The number of carbonyl (C=O) groups excluding carboxylic acids is 3. The highest BCUT2D eigenvalue weighted by atomic mass is 32.1. The van der Waals surface area contributed by atoms with E-state index in [4.69, 9.17) is 9.47 Å². The number of amides is 1. The molecule has 1 saturated heterocycles. The van der Waals surface area contributed by atoms with Gasteiger partial charge in [-0.15, -0.1) is 0 Å². The first-order chi connectivity index (χ1) is 18.6. The van der Waals surface area contributed by atoms with Gasteiger partial charge in [0.1, 0.15) is 16.4 Å². The third-order valence-corrected chi connectivity index (χ3v) is 7.79. The molecule has 39 heavy (non-hydrogen) atoms. The molecule has 8 nitrogen and oxygen atoms in total. The maximum absolute atomic E-state index is 13.5. The summed E-state index contributed by atoms with van der Waals surface area (Å²) >= 11 is 0.970. The van der Waals surface area contributed by atoms with Crippen LogP contribution < -0.4 is 9.64 Å². The number of nitrogens with zero attached hydrogens (tertiary/aromatic N) is 2. The second-order valence-electron chi connectivity index (χ2n) is 9.72. The van der Waals surface area contributed by atoms with Crippen LogP contribution in [0.4, 0.5) is 5.13 Å². The van der Waals surface area contributed by atoms with Gasteiger partial charge < -0.3 is 14.6 Å². The van der Waals surface area contributed by atoms with Crippen LogP contribution in [0, 0.1) is 13.8 Å². The van der Waals surface area contributed by atoms with Gasteiger partial charge in [0.05, 0.1) is 31.0 Å². The van der Waals surface area contributed by atoms with Crippen LogP contribution in [0.25, 0.3) is 5.76 Å². The van der Waals surface area contributed by atoms with Crippen LogP contribution in [0.15, 0.2) is 48.0 Å². The van der Waals surface area contributed by atoms with Crippen molar-refractivity contribution in [3.05, 3.63) is 80.9 Å². The third kappa shape index (κ3) is 5.31. The number of hydrogen-bond donors (Lipinski definition) is 1. The monoisotopic (exact) mass is 548 g/mol. The molecule has 1 aliphatic rings. The first kappa shape index (κ1) is 28.0. The van der Waals surface area contributed by atoms with Crippen LogP contribution in [0.2, 0.25) is 0 Å². The van der Waals surface area contributed by atoms with Crippen molar-refractivity contribution in [3.63, 3.8) is 0 Å². The van der Waals surface area contributed by atoms with Crippen LogP contribution >= 0.6 is 11.3 Å². The number of aliphatic hydroxyl groups excluding tert-OH is 1. The molecule has 0 saturated carbocycles. The van der Waals surface area contributed by atoms with E-state index in [1.807, 2.05) is 38.1 Å². The Hall–Kier alpha value is -3.98. The summed E-state index contributed by atoms with van der Waals surface area (Å²) < 4.78 is 10.6. The molecule has 3 aromatic rings. The standard InChI is InChI=1S/C30H32N2O6S/c1-7-14-38-21-12-13-22(17(4)15-21)25(33)23-24(20-10-8-19(9-11-20)16(2)3)32(28(35)26(23)34)30-31-18(5)27(39-30)29(36)37-6/h8-13,15-16,24,33H,7,14H2,1-6H3. The van der Waals surface area contributed by atoms with Crippen LogP contribution in [0.1, 0.15) is 76.8 Å². The molecule has 204 valence electrons. The minimum absolute atomic E-state index is 0.0462. The lowest BCUT2D eigenvalue weighted by Gasteiger charge is -2.23. The lowest BCUT2D eigenvalue weighted by Crippen LogP contribution is -2.29. The summed E-state index contributed by atoms with van der Waals surface area (Å²) in [6, 6.07) is 11.8. The number of rotatable bonds is 8. The highest BCUT2D eigenvalue weighted by Gasteiger charge is 2.48. The molecule has 0 radical (unpaired) electrons. The maximum atomic E-state index is 13.5. The zero-order valence-corrected chi connectivity index (χ0v) is 23.7. The number of aryl methyl sites for hydroxylation is 2. The number of ketones is 1. The fourth-order valence-electron chi connectivity index (χ4n) is 4.53. The first-order valence-electron chi connectivity index (χ1n) is 12.8. The van der Waals surface area contributed by atoms with Crippen molar-refractivity contribution in [2.24, 2.45) is 0 Å². The quantitative estimate of drug-likeness (QED) is 0.157. The average molecular weight is 549 g/mol. The second-order valence-corrected chi connectivity index (χ2v) is 10.7. The Morgan fingerprint density at radius 1 is 1.13 bits per heavy atom. The summed E-state index contributed by atoms with van der Waals surface area (Å²) in [5, 5.41) is 11.7. The van der Waals surface area contributed by atoms with E-state index in [0.29, 0.717) is 34.7 Å². The van der Waals surface area contributed by atoms with Gasteiger partial charge in [-0.1, -0.05) is 56.4 Å². The van der Waals surface area contributed by atoms with E-state index in [1.54, 1.807) is 25.1 Å². The number of carbonyl (C=O) groups is 3. The van der Waals surface area contributed by atoms with Crippen molar-refractivity contribution in [1.82, 2.24) is 4.98 Å². The number of hydrogen-bond acceptors (Lipinski definition) is 8. The van der Waals surface area contributed by atoms with Crippen molar-refractivity contribution in [3.8, 4) is 5.75 Å². The number of thiazole rings is 1. The minimum atomic E-state index is -0.947. The summed E-state index contributed by atoms with van der Waals surface area (Å²) in [6.07, 6.45) is 0.855. The number of aliphatic hydroxyl groups is 1. The second kappa shape index (κ2) is 11.4. The predicted octanol–water partition coefficient (Wildman–Crippen LogP) is 6.09. The predicted molar refractivity (Wildman–Crippen MR) is 150 cm³/mol. The van der Waals surface area contributed by atoms with Gasteiger partial charge >= 0.3 is 11.9 Å². The molecule has 2 aromatic carbocycles. The molecular weight excluding hydrogens is 516 g/mol. The smallest absolute Gasteiger partial charge is 0.350 e. The Morgan fingerprint density at radius 3 is 2.41 bits per heavy atom. The maximum Gasteiger partial charge on any atom is 0.350 e. The number of Topliss-reactive ketones (excluding diaryl/α,β-unsaturated/α-hetero) is 1. The van der Waals surface area contributed by atoms with Crippen LogP contribution in [0.3, 0.4) is 0 Å². The molecule has 4 rings (SSSR count). The summed E-state index contributed by atoms with van der Waals surface area (Å²) in [7, 11) is 1.27. The van der Waals surface area contributed by atoms with E-state index in [2.05, 4.69) is 18.8 Å². The van der Waals surface area contributed by atoms with Gasteiger partial charge in [-0.3, -0.25) is 14.5 Å². The average Bonchev–Trinajstić information content (AvgIpc) is 3.43. The Labute approximate surface area is 231 Å². The molecular formula is C30H32N2O6S. The number of benzene rings is 2. The molecule has 1 unspecified atom stereocenters. The van der Waals surface area contributed by atoms with E-state index in [-0.39, 0.29) is 27.3 Å². The zero-order valence-electron chi connectivity index (χ0n) is 22.9. The first-order valence-corrected chi connectivity index (χ1v) is 13.6. The van der Waals surface area contributed by atoms with Crippen molar-refractivity contribution in [2.45, 2.75) is 53.0 Å². The summed E-state index contributed by atoms with van der Waals surface area (Å²) in [5.74, 6) is -1.59. The van der Waals surface area contributed by atoms with Crippen molar-refractivity contribution in [1.29, 1.82) is 0 Å². The topological polar surface area (TPSA) is 106 Å². The van der Waals surface area contributed by atoms with Gasteiger partial charge in [-0.2, -0.15) is 0 Å². The van der Waals surface area contributed by atoms with E-state index in [0.717, 1.165) is 23.3 Å². The minimum Gasteiger partial charge on any atom is -0.507 e. The molecule has 2 heterocycles. The van der Waals surface area contributed by atoms with Crippen molar-refractivity contribution in [2.75, 3.05) is 18.6 Å². The molecule has 1 aromatic heterocycles. The number of ether oxygens (including phenoxy) is 2. The summed E-state index contributed by atoms with van der Waals surface area (Å²) in [4.78, 5) is 45.2. The lowest BCUT2D eigenvalue weighted by atomic mass is 9.92. The molecule has 0 aliphatic carbocycles. The van der Waals surface area contributed by atoms with Gasteiger partial charge in [0.15, 0.2) is 5.13 Å². The molecule has 9 heteroatoms. The molecule has 0 bridgehead atoms. The van der Waals surface area contributed by atoms with E-state index in [9.17, 15) is 19.5 Å². The van der Waals surface area contributed by atoms with Crippen LogP contribution in [-0.2, 0) is 14.3 Å². The highest BCUT2D eigenvalue weighted by Crippen LogP contribution is 2.44. The van der Waals surface area contributed by atoms with Gasteiger partial charge in [0, 0.05) is 5.56 Å². The fourth-order valence-corrected chi connectivity index (χ4v) is 5.54. The number of esters is 1. The zero-order chi connectivity index (χ0) is 28.4. The molecule has 0 spiro atoms. The Kier molecular flexibility index (Phi) is 8.20. The van der Waals surface area contributed by atoms with E-state index >= 15 is 0 Å². The molecule has 1 atom stereocenters. The third-order valence-electron chi connectivity index (χ3n) is 6.65. The lowest BCUT2D eigenvalue weighted by molar-refractivity contribution is -0.132. The Morgan fingerprint density at radius 2 is 1.82 bits per heavy atom. The van der Waals surface area contributed by atoms with Crippen LogP contribution in [-0.4, -0.2) is 41.5 Å². The van der Waals surface area contributed by atoms with E-state index < -0.39 is 23.7 Å². The van der Waals surface area contributed by atoms with Crippen LogP contribution in [0.5, 0.6) is 5.75 Å². The number of methoxy groups -OCH3 is 1. The Balaban J connectivity index is 1.90. The van der Waals surface area contributed by atoms with Gasteiger partial charge in [-0.05, 0) is 61.1 Å². The van der Waals surface area contributed by atoms with Crippen molar-refractivity contribution >= 4 is 39.9 Å². The normalized spacial score (nSPS) is 16.7. The van der Waals surface area contributed by atoms with Gasteiger partial charge in [0.25, 0.3) is 5.78 Å². The molecule has 1 fully saturated rings. The fraction of sp³-hybridized carbons (Fsp3) is 0.333. The summed E-state index contributed by atoms with van der Waals surface area (Å²) in [5.41, 5.74) is 3.18. The molecule has 1 amide bonds. The number of aromatic nitrogens is 1. The van der Waals surface area contributed by atoms with E-state index in [1.165, 1.54) is 12.0 Å². The largest absolute Gasteiger partial charge is 0.507 e. The SMILES string of the molecule is CCCOc1ccc(C(O)=C2C(=O)C(=O)N(c3nc(C)c(C(=O)OC)s3)C2c2ccc(C(C)C)cc2)c(C)c1. The van der Waals surface area contributed by atoms with Crippen molar-refractivity contribution < 1.29 is 29.0 Å². The van der Waals surface area contributed by atoms with Gasteiger partial charge in [-0.25, -0.2) is 9.78 Å². The molecule has 1 aliphatic heterocycles. The Bertz CT molecular complexity index is 1450. The number of anilines is 1. The van der Waals surface area contributed by atoms with Gasteiger partial charge in [0.2, 0.25) is 0 Å². The highest BCUT2D eigenvalue weighted by molar-refractivity contribution is 7.17. The summed E-state index contributed by atoms with van der Waals surface area (Å²) in [6.45, 7) is 10.2.